The molecule has 1 aromatic rings. The second kappa shape index (κ2) is 7.31. The topological polar surface area (TPSA) is 21.3 Å². The van der Waals surface area contributed by atoms with Crippen LogP contribution in [-0.4, -0.2) is 19.7 Å². The molecule has 2 atom stereocenters. The van der Waals surface area contributed by atoms with Crippen molar-refractivity contribution in [3.8, 4) is 5.75 Å². The zero-order chi connectivity index (χ0) is 14.5. The molecule has 1 aromatic carbocycles. The van der Waals surface area contributed by atoms with Crippen molar-refractivity contribution in [2.75, 3.05) is 13.7 Å². The highest BCUT2D eigenvalue weighted by atomic mass is 16.5. The number of ether oxygens (including phenoxy) is 1. The van der Waals surface area contributed by atoms with Gasteiger partial charge in [-0.15, -0.1) is 0 Å². The normalized spacial score (nSPS) is 24.7. The van der Waals surface area contributed by atoms with Crippen molar-refractivity contribution in [1.29, 1.82) is 0 Å². The van der Waals surface area contributed by atoms with Gasteiger partial charge < -0.3 is 10.1 Å². The van der Waals surface area contributed by atoms with Gasteiger partial charge in [0, 0.05) is 6.04 Å². The minimum Gasteiger partial charge on any atom is -0.493 e. The lowest BCUT2D eigenvalue weighted by molar-refractivity contribution is 0.237. The molecule has 2 aliphatic rings. The summed E-state index contributed by atoms with van der Waals surface area (Å²) in [4.78, 5) is 0. The Bertz CT molecular complexity index is 437. The van der Waals surface area contributed by atoms with Gasteiger partial charge in [-0.1, -0.05) is 43.9 Å². The predicted octanol–water partition coefficient (Wildman–Crippen LogP) is 4.50. The van der Waals surface area contributed by atoms with E-state index in [0.29, 0.717) is 12.0 Å². The van der Waals surface area contributed by atoms with E-state index in [-0.39, 0.29) is 0 Å². The van der Waals surface area contributed by atoms with Gasteiger partial charge in [-0.3, -0.25) is 0 Å². The zero-order valence-corrected chi connectivity index (χ0v) is 13.3. The minimum atomic E-state index is 0.663. The van der Waals surface area contributed by atoms with Gasteiger partial charge in [0.1, 0.15) is 5.75 Å². The summed E-state index contributed by atoms with van der Waals surface area (Å²) in [5, 5.41) is 3.64. The van der Waals surface area contributed by atoms with E-state index >= 15 is 0 Å². The van der Waals surface area contributed by atoms with E-state index in [1.807, 2.05) is 0 Å². The standard InChI is InChI=1S/C19H29NO/c1-20-18(15-8-4-2-3-5-9-15)14-16-12-13-21-19-11-7-6-10-17(16)19/h6-7,10-11,15-16,18,20H,2-5,8-9,12-14H2,1H3. The van der Waals surface area contributed by atoms with Crippen LogP contribution in [0.3, 0.4) is 0 Å². The predicted molar refractivity (Wildman–Crippen MR) is 88.0 cm³/mol. The maximum atomic E-state index is 5.81. The van der Waals surface area contributed by atoms with Crippen LogP contribution in [0, 0.1) is 5.92 Å². The van der Waals surface area contributed by atoms with Crippen LogP contribution in [0.1, 0.15) is 62.8 Å². The third-order valence-electron chi connectivity index (χ3n) is 5.46. The van der Waals surface area contributed by atoms with E-state index in [4.69, 9.17) is 4.74 Å². The Morgan fingerprint density at radius 1 is 1.10 bits per heavy atom. The Labute approximate surface area is 129 Å². The maximum Gasteiger partial charge on any atom is 0.122 e. The first kappa shape index (κ1) is 14.9. The quantitative estimate of drug-likeness (QED) is 0.823. The fourth-order valence-electron chi connectivity index (χ4n) is 4.23. The molecule has 1 fully saturated rings. The first-order valence-electron chi connectivity index (χ1n) is 8.77. The molecule has 0 amide bonds. The van der Waals surface area contributed by atoms with Crippen molar-refractivity contribution in [3.63, 3.8) is 0 Å². The average molecular weight is 287 g/mol. The Morgan fingerprint density at radius 2 is 1.86 bits per heavy atom. The largest absolute Gasteiger partial charge is 0.493 e. The molecule has 1 saturated carbocycles. The molecular weight excluding hydrogens is 258 g/mol. The molecule has 3 rings (SSSR count). The van der Waals surface area contributed by atoms with Gasteiger partial charge in [0.25, 0.3) is 0 Å². The second-order valence-electron chi connectivity index (χ2n) is 6.75. The van der Waals surface area contributed by atoms with Crippen LogP contribution in [0.25, 0.3) is 0 Å². The highest BCUT2D eigenvalue weighted by Crippen LogP contribution is 2.38. The Kier molecular flexibility index (Phi) is 5.18. The molecule has 1 heterocycles. The van der Waals surface area contributed by atoms with Crippen LogP contribution >= 0.6 is 0 Å². The number of nitrogens with one attached hydrogen (secondary N) is 1. The van der Waals surface area contributed by atoms with Gasteiger partial charge in [0.15, 0.2) is 0 Å². The zero-order valence-electron chi connectivity index (χ0n) is 13.3. The van der Waals surface area contributed by atoms with Crippen LogP contribution in [0.15, 0.2) is 24.3 Å². The molecule has 0 aromatic heterocycles. The summed E-state index contributed by atoms with van der Waals surface area (Å²) in [6, 6.07) is 9.29. The summed E-state index contributed by atoms with van der Waals surface area (Å²) < 4.78 is 5.81. The highest BCUT2D eigenvalue weighted by Gasteiger charge is 2.28. The molecule has 0 bridgehead atoms. The van der Waals surface area contributed by atoms with Crippen LogP contribution in [-0.2, 0) is 0 Å². The molecule has 21 heavy (non-hydrogen) atoms. The monoisotopic (exact) mass is 287 g/mol. The van der Waals surface area contributed by atoms with E-state index < -0.39 is 0 Å². The van der Waals surface area contributed by atoms with E-state index in [9.17, 15) is 0 Å². The van der Waals surface area contributed by atoms with E-state index in [0.717, 1.165) is 18.3 Å². The van der Waals surface area contributed by atoms with Crippen LogP contribution in [0.2, 0.25) is 0 Å². The molecule has 2 heteroatoms. The molecule has 0 spiro atoms. The van der Waals surface area contributed by atoms with Gasteiger partial charge in [-0.05, 0) is 56.2 Å². The number of hydrogen-bond acceptors (Lipinski definition) is 2. The van der Waals surface area contributed by atoms with E-state index in [2.05, 4.69) is 36.6 Å². The third kappa shape index (κ3) is 3.60. The lowest BCUT2D eigenvalue weighted by Crippen LogP contribution is -2.35. The number of benzene rings is 1. The molecule has 1 aliphatic carbocycles. The molecule has 2 unspecified atom stereocenters. The molecule has 1 aliphatic heterocycles. The van der Waals surface area contributed by atoms with Gasteiger partial charge in [-0.2, -0.15) is 0 Å². The van der Waals surface area contributed by atoms with Crippen molar-refractivity contribution in [2.45, 2.75) is 63.3 Å². The van der Waals surface area contributed by atoms with E-state index in [1.54, 1.807) is 0 Å². The summed E-state index contributed by atoms with van der Waals surface area (Å²) in [5.74, 6) is 2.65. The van der Waals surface area contributed by atoms with Crippen molar-refractivity contribution in [2.24, 2.45) is 5.92 Å². The number of para-hydroxylation sites is 1. The van der Waals surface area contributed by atoms with Crippen molar-refractivity contribution >= 4 is 0 Å². The summed E-state index contributed by atoms with van der Waals surface area (Å²) in [7, 11) is 2.15. The third-order valence-corrected chi connectivity index (χ3v) is 5.46. The Balaban J connectivity index is 1.69. The van der Waals surface area contributed by atoms with Crippen molar-refractivity contribution in [3.05, 3.63) is 29.8 Å². The molecular formula is C19H29NO. The highest BCUT2D eigenvalue weighted by molar-refractivity contribution is 5.37. The van der Waals surface area contributed by atoms with E-state index in [1.165, 1.54) is 56.9 Å². The van der Waals surface area contributed by atoms with Crippen LogP contribution in [0.4, 0.5) is 0 Å². The van der Waals surface area contributed by atoms with Gasteiger partial charge >= 0.3 is 0 Å². The molecule has 116 valence electrons. The summed E-state index contributed by atoms with van der Waals surface area (Å²) in [6.45, 7) is 0.878. The summed E-state index contributed by atoms with van der Waals surface area (Å²) >= 11 is 0. The maximum absolute atomic E-state index is 5.81. The molecule has 2 nitrogen and oxygen atoms in total. The lowest BCUT2D eigenvalue weighted by Gasteiger charge is -2.32. The molecule has 0 radical (unpaired) electrons. The minimum absolute atomic E-state index is 0.663. The van der Waals surface area contributed by atoms with Crippen LogP contribution in [0.5, 0.6) is 5.75 Å². The Hall–Kier alpha value is -1.02. The van der Waals surface area contributed by atoms with Gasteiger partial charge in [0.2, 0.25) is 0 Å². The van der Waals surface area contributed by atoms with Crippen molar-refractivity contribution < 1.29 is 4.74 Å². The number of rotatable bonds is 4. The van der Waals surface area contributed by atoms with Gasteiger partial charge in [0.05, 0.1) is 6.61 Å². The SMILES string of the molecule is CNC(CC1CCOc2ccccc21)C1CCCCCC1. The van der Waals surface area contributed by atoms with Gasteiger partial charge in [-0.25, -0.2) is 0 Å². The number of hydrogen-bond donors (Lipinski definition) is 1. The fraction of sp³-hybridized carbons (Fsp3) is 0.684. The average Bonchev–Trinajstić information content (AvgIpc) is 2.82. The lowest BCUT2D eigenvalue weighted by atomic mass is 9.81. The van der Waals surface area contributed by atoms with Crippen LogP contribution < -0.4 is 10.1 Å². The fourth-order valence-corrected chi connectivity index (χ4v) is 4.23. The smallest absolute Gasteiger partial charge is 0.122 e. The molecule has 1 N–H and O–H groups in total. The first-order valence-corrected chi connectivity index (χ1v) is 8.77. The molecule has 0 saturated heterocycles. The van der Waals surface area contributed by atoms with Crippen molar-refractivity contribution in [1.82, 2.24) is 5.32 Å². The Morgan fingerprint density at radius 3 is 2.62 bits per heavy atom. The summed E-state index contributed by atoms with van der Waals surface area (Å²) in [5.41, 5.74) is 1.43. The second-order valence-corrected chi connectivity index (χ2v) is 6.75. The first-order chi connectivity index (χ1) is 10.4. The summed E-state index contributed by atoms with van der Waals surface area (Å²) in [6.07, 6.45) is 11.0. The number of fused-ring (bicyclic) bond motifs is 1.